The zero-order valence-corrected chi connectivity index (χ0v) is 20.8. The van der Waals surface area contributed by atoms with Crippen LogP contribution in [0.2, 0.25) is 10.0 Å². The second-order valence-electron chi connectivity index (χ2n) is 7.83. The molecule has 3 rings (SSSR count). The van der Waals surface area contributed by atoms with Crippen molar-refractivity contribution in [3.63, 3.8) is 0 Å². The van der Waals surface area contributed by atoms with Crippen LogP contribution in [0, 0.1) is 6.92 Å². The first-order valence-corrected chi connectivity index (χ1v) is 11.7. The Morgan fingerprint density at radius 3 is 2.47 bits per heavy atom. The molecule has 34 heavy (non-hydrogen) atoms. The molecule has 2 aromatic rings. The minimum Gasteiger partial charge on any atom is -0.493 e. The molecule has 0 spiro atoms. The van der Waals surface area contributed by atoms with Gasteiger partial charge in [0.1, 0.15) is 5.57 Å². The van der Waals surface area contributed by atoms with Crippen molar-refractivity contribution in [2.45, 2.75) is 39.5 Å². The summed E-state index contributed by atoms with van der Waals surface area (Å²) < 4.78 is 11.2. The fraction of sp³-hybridized carbons (Fsp3) is 0.320. The van der Waals surface area contributed by atoms with Gasteiger partial charge in [0.05, 0.1) is 24.4 Å². The van der Waals surface area contributed by atoms with Crippen molar-refractivity contribution < 1.29 is 23.9 Å². The van der Waals surface area contributed by atoms with Gasteiger partial charge in [-0.3, -0.25) is 14.9 Å². The maximum atomic E-state index is 13.1. The third-order valence-corrected chi connectivity index (χ3v) is 6.01. The van der Waals surface area contributed by atoms with Crippen molar-refractivity contribution in [3.05, 3.63) is 57.1 Å². The van der Waals surface area contributed by atoms with E-state index in [9.17, 15) is 14.4 Å². The number of ether oxygens (including phenoxy) is 2. The Bertz CT molecular complexity index is 1150. The largest absolute Gasteiger partial charge is 0.493 e. The number of nitrogens with zero attached hydrogens (tertiary/aromatic N) is 1. The van der Waals surface area contributed by atoms with E-state index in [1.165, 1.54) is 19.3 Å². The molecule has 7 nitrogen and oxygen atoms in total. The molecule has 0 bridgehead atoms. The van der Waals surface area contributed by atoms with Gasteiger partial charge in [-0.25, -0.2) is 9.69 Å². The summed E-state index contributed by atoms with van der Waals surface area (Å²) in [6, 6.07) is 7.10. The molecule has 0 aromatic heterocycles. The highest BCUT2D eigenvalue weighted by atomic mass is 35.5. The van der Waals surface area contributed by atoms with E-state index in [0.29, 0.717) is 28.7 Å². The van der Waals surface area contributed by atoms with Gasteiger partial charge in [-0.2, -0.15) is 0 Å². The van der Waals surface area contributed by atoms with Gasteiger partial charge < -0.3 is 9.47 Å². The van der Waals surface area contributed by atoms with Crippen molar-refractivity contribution in [2.24, 2.45) is 0 Å². The summed E-state index contributed by atoms with van der Waals surface area (Å²) in [5.74, 6) is -0.819. The molecular formula is C25H26Cl2N2O5. The predicted molar refractivity (Wildman–Crippen MR) is 133 cm³/mol. The second-order valence-corrected chi connectivity index (χ2v) is 8.65. The van der Waals surface area contributed by atoms with E-state index in [2.05, 4.69) is 12.2 Å². The first-order chi connectivity index (χ1) is 16.3. The number of carbonyl (C=O) groups excluding carboxylic acids is 3. The molecule has 0 radical (unpaired) electrons. The molecule has 1 N–H and O–H groups in total. The topological polar surface area (TPSA) is 84.9 Å². The Labute approximate surface area is 208 Å². The number of hydrogen-bond donors (Lipinski definition) is 1. The lowest BCUT2D eigenvalue weighted by atomic mass is 10.1. The molecule has 0 aliphatic carbocycles. The van der Waals surface area contributed by atoms with E-state index in [-0.39, 0.29) is 16.3 Å². The quantitative estimate of drug-likeness (QED) is 0.259. The Kier molecular flexibility index (Phi) is 8.58. The number of carbonyl (C=O) groups is 3. The van der Waals surface area contributed by atoms with Gasteiger partial charge in [0, 0.05) is 5.02 Å². The molecule has 0 unspecified atom stereocenters. The number of nitrogens with one attached hydrogen (secondary N) is 1. The van der Waals surface area contributed by atoms with Crippen LogP contribution in [0.4, 0.5) is 10.5 Å². The zero-order chi connectivity index (χ0) is 24.8. The monoisotopic (exact) mass is 504 g/mol. The Balaban J connectivity index is 1.90. The lowest BCUT2D eigenvalue weighted by Gasteiger charge is -2.26. The molecule has 0 atom stereocenters. The Morgan fingerprint density at radius 2 is 1.79 bits per heavy atom. The maximum Gasteiger partial charge on any atom is 0.335 e. The highest BCUT2D eigenvalue weighted by Gasteiger charge is 2.37. The van der Waals surface area contributed by atoms with Crippen molar-refractivity contribution in [2.75, 3.05) is 18.6 Å². The van der Waals surface area contributed by atoms with Gasteiger partial charge in [0.25, 0.3) is 11.8 Å². The van der Waals surface area contributed by atoms with Crippen molar-refractivity contribution in [1.29, 1.82) is 0 Å². The van der Waals surface area contributed by atoms with Gasteiger partial charge in [0.2, 0.25) is 0 Å². The molecule has 1 aliphatic rings. The van der Waals surface area contributed by atoms with Crippen LogP contribution in [0.1, 0.15) is 43.7 Å². The number of urea groups is 1. The number of anilines is 1. The molecule has 1 fully saturated rings. The van der Waals surface area contributed by atoms with Gasteiger partial charge in [0.15, 0.2) is 11.5 Å². The number of barbiturate groups is 1. The number of unbranched alkanes of at least 4 members (excludes halogenated alkanes) is 3. The van der Waals surface area contributed by atoms with Crippen LogP contribution in [-0.4, -0.2) is 31.6 Å². The Morgan fingerprint density at radius 1 is 1.03 bits per heavy atom. The molecular weight excluding hydrogens is 479 g/mol. The van der Waals surface area contributed by atoms with Crippen LogP contribution in [0.3, 0.4) is 0 Å². The van der Waals surface area contributed by atoms with Crippen LogP contribution in [0.25, 0.3) is 6.08 Å². The van der Waals surface area contributed by atoms with Gasteiger partial charge in [-0.05, 0) is 54.8 Å². The number of aryl methyl sites for hydroxylation is 1. The van der Waals surface area contributed by atoms with Gasteiger partial charge in [-0.15, -0.1) is 0 Å². The maximum absolute atomic E-state index is 13.1. The summed E-state index contributed by atoms with van der Waals surface area (Å²) in [6.07, 6.45) is 5.55. The smallest absolute Gasteiger partial charge is 0.335 e. The van der Waals surface area contributed by atoms with Crippen molar-refractivity contribution >= 4 is 52.8 Å². The lowest BCUT2D eigenvalue weighted by Crippen LogP contribution is -2.54. The van der Waals surface area contributed by atoms with Crippen LogP contribution >= 0.6 is 23.2 Å². The third kappa shape index (κ3) is 5.72. The van der Waals surface area contributed by atoms with Gasteiger partial charge >= 0.3 is 6.03 Å². The van der Waals surface area contributed by atoms with Gasteiger partial charge in [-0.1, -0.05) is 55.5 Å². The summed E-state index contributed by atoms with van der Waals surface area (Å²) in [6.45, 7) is 4.43. The highest BCUT2D eigenvalue weighted by Crippen LogP contribution is 2.37. The van der Waals surface area contributed by atoms with E-state index in [0.717, 1.165) is 36.1 Å². The fourth-order valence-corrected chi connectivity index (χ4v) is 3.89. The molecule has 1 saturated heterocycles. The molecule has 1 heterocycles. The molecule has 180 valence electrons. The first-order valence-electron chi connectivity index (χ1n) is 10.9. The standard InChI is InChI=1S/C25H26Cl2N2O5/c1-4-5-6-7-10-34-22-20(27)12-16(13-21(22)33-3)11-18-23(30)28-25(32)29(24(18)31)17-9-8-15(2)19(26)14-17/h8-9,11-14H,4-7,10H2,1-3H3,(H,28,30,32)/b18-11+. The normalized spacial score (nSPS) is 15.0. The summed E-state index contributed by atoms with van der Waals surface area (Å²) >= 11 is 12.6. The second kappa shape index (κ2) is 11.4. The van der Waals surface area contributed by atoms with Crippen LogP contribution in [-0.2, 0) is 9.59 Å². The summed E-state index contributed by atoms with van der Waals surface area (Å²) in [5, 5.41) is 2.86. The zero-order valence-electron chi connectivity index (χ0n) is 19.2. The minimum atomic E-state index is -0.852. The predicted octanol–water partition coefficient (Wildman–Crippen LogP) is 5.94. The van der Waals surface area contributed by atoms with Crippen LogP contribution in [0.5, 0.6) is 11.5 Å². The number of amides is 4. The average Bonchev–Trinajstić information content (AvgIpc) is 2.79. The van der Waals surface area contributed by atoms with E-state index in [4.69, 9.17) is 32.7 Å². The Hall–Kier alpha value is -3.03. The highest BCUT2D eigenvalue weighted by molar-refractivity contribution is 6.39. The van der Waals surface area contributed by atoms with E-state index < -0.39 is 17.8 Å². The van der Waals surface area contributed by atoms with E-state index >= 15 is 0 Å². The van der Waals surface area contributed by atoms with E-state index in [1.807, 2.05) is 0 Å². The van der Waals surface area contributed by atoms with E-state index in [1.54, 1.807) is 31.2 Å². The average molecular weight is 505 g/mol. The lowest BCUT2D eigenvalue weighted by molar-refractivity contribution is -0.122. The number of hydrogen-bond acceptors (Lipinski definition) is 5. The molecule has 4 amide bonds. The molecule has 2 aromatic carbocycles. The number of rotatable bonds is 9. The fourth-order valence-electron chi connectivity index (χ4n) is 3.45. The number of methoxy groups -OCH3 is 1. The first kappa shape index (κ1) is 25.6. The number of benzene rings is 2. The molecule has 1 aliphatic heterocycles. The van der Waals surface area contributed by atoms with Crippen LogP contribution < -0.4 is 19.7 Å². The minimum absolute atomic E-state index is 0.234. The summed E-state index contributed by atoms with van der Waals surface area (Å²) in [7, 11) is 1.48. The third-order valence-electron chi connectivity index (χ3n) is 5.32. The number of halogens is 2. The molecule has 9 heteroatoms. The van der Waals surface area contributed by atoms with Crippen LogP contribution in [0.15, 0.2) is 35.9 Å². The summed E-state index contributed by atoms with van der Waals surface area (Å²) in [4.78, 5) is 38.9. The van der Waals surface area contributed by atoms with Crippen molar-refractivity contribution in [1.82, 2.24) is 5.32 Å². The molecule has 0 saturated carbocycles. The SMILES string of the molecule is CCCCCCOc1c(Cl)cc(/C=C2\C(=O)NC(=O)N(c3ccc(C)c(Cl)c3)C2=O)cc1OC. The van der Waals surface area contributed by atoms with Crippen molar-refractivity contribution in [3.8, 4) is 11.5 Å². The summed E-state index contributed by atoms with van der Waals surface area (Å²) in [5.41, 5.74) is 1.24. The number of imide groups is 2.